The van der Waals surface area contributed by atoms with Crippen LogP contribution < -0.4 is 0 Å². The van der Waals surface area contributed by atoms with Gasteiger partial charge in [-0.2, -0.15) is 11.8 Å². The van der Waals surface area contributed by atoms with Crippen LogP contribution in [0.2, 0.25) is 0 Å². The molecule has 0 unspecified atom stereocenters. The van der Waals surface area contributed by atoms with E-state index in [0.717, 1.165) is 36.0 Å². The summed E-state index contributed by atoms with van der Waals surface area (Å²) in [5, 5.41) is 12.2. The third-order valence-corrected chi connectivity index (χ3v) is 4.85. The Morgan fingerprint density at radius 2 is 2.00 bits per heavy atom. The summed E-state index contributed by atoms with van der Waals surface area (Å²) in [6.07, 6.45) is 0. The van der Waals surface area contributed by atoms with Crippen molar-refractivity contribution in [2.24, 2.45) is 0 Å². The van der Waals surface area contributed by atoms with E-state index in [0.29, 0.717) is 13.2 Å². The largest absolute Gasteiger partial charge is 0.383 e. The molecule has 3 rings (SSSR count). The summed E-state index contributed by atoms with van der Waals surface area (Å²) in [4.78, 5) is 2.36. The van der Waals surface area contributed by atoms with Crippen LogP contribution in [-0.2, 0) is 11.3 Å². The van der Waals surface area contributed by atoms with Gasteiger partial charge in [-0.15, -0.1) is 5.10 Å². The molecule has 6 nitrogen and oxygen atoms in total. The van der Waals surface area contributed by atoms with Crippen LogP contribution in [0.3, 0.4) is 0 Å². The number of hydrogen-bond acceptors (Lipinski definition) is 6. The lowest BCUT2D eigenvalue weighted by Crippen LogP contribution is -2.38. The van der Waals surface area contributed by atoms with Gasteiger partial charge in [0, 0.05) is 31.7 Å². The first-order chi connectivity index (χ1) is 11.3. The molecule has 0 amide bonds. The predicted octanol–water partition coefficient (Wildman–Crippen LogP) is 1.60. The van der Waals surface area contributed by atoms with E-state index in [1.807, 2.05) is 23.9 Å². The average Bonchev–Trinajstić information content (AvgIpc) is 3.04. The topological polar surface area (TPSA) is 56.1 Å². The Labute approximate surface area is 139 Å². The van der Waals surface area contributed by atoms with Gasteiger partial charge in [-0.1, -0.05) is 12.1 Å². The maximum absolute atomic E-state index is 13.3. The summed E-state index contributed by atoms with van der Waals surface area (Å²) in [5.74, 6) is 2.70. The molecular formula is C15H20FN5OS. The van der Waals surface area contributed by atoms with E-state index >= 15 is 0 Å². The average molecular weight is 337 g/mol. The number of methoxy groups -OCH3 is 1. The third-order valence-electron chi connectivity index (χ3n) is 3.91. The Kier molecular flexibility index (Phi) is 5.58. The molecule has 1 atom stereocenters. The standard InChI is InChI=1S/C15H20FN5OS/c1-22-9-6-21-15(17-18-19-21)14(20-7-10-23-11-8-20)12-2-4-13(16)5-3-12/h2-5,14H,6-11H2,1H3/t14-/m1/s1. The fourth-order valence-electron chi connectivity index (χ4n) is 2.75. The van der Waals surface area contributed by atoms with Crippen molar-refractivity contribution in [1.29, 1.82) is 0 Å². The zero-order chi connectivity index (χ0) is 16.1. The number of tetrazole rings is 1. The first-order valence-electron chi connectivity index (χ1n) is 7.62. The minimum atomic E-state index is -0.235. The number of halogens is 1. The second-order valence-corrected chi connectivity index (χ2v) is 6.58. The van der Waals surface area contributed by atoms with E-state index in [2.05, 4.69) is 20.4 Å². The molecule has 23 heavy (non-hydrogen) atoms. The number of hydrogen-bond donors (Lipinski definition) is 0. The number of thioether (sulfide) groups is 1. The summed E-state index contributed by atoms with van der Waals surface area (Å²) >= 11 is 1.95. The van der Waals surface area contributed by atoms with E-state index in [9.17, 15) is 4.39 Å². The molecule has 1 aliphatic heterocycles. The molecule has 0 radical (unpaired) electrons. The van der Waals surface area contributed by atoms with Crippen molar-refractivity contribution in [2.75, 3.05) is 38.3 Å². The van der Waals surface area contributed by atoms with Crippen LogP contribution in [0.15, 0.2) is 24.3 Å². The summed E-state index contributed by atoms with van der Waals surface area (Å²) in [5.41, 5.74) is 1.01. The van der Waals surface area contributed by atoms with Gasteiger partial charge in [0.05, 0.1) is 19.2 Å². The predicted molar refractivity (Wildman–Crippen MR) is 86.8 cm³/mol. The highest BCUT2D eigenvalue weighted by Crippen LogP contribution is 2.29. The Hall–Kier alpha value is -1.51. The Bertz CT molecular complexity index is 615. The van der Waals surface area contributed by atoms with Crippen molar-refractivity contribution < 1.29 is 9.13 Å². The van der Waals surface area contributed by atoms with E-state index in [1.54, 1.807) is 11.8 Å². The molecule has 1 saturated heterocycles. The van der Waals surface area contributed by atoms with Crippen molar-refractivity contribution in [3.63, 3.8) is 0 Å². The molecule has 0 bridgehead atoms. The Balaban J connectivity index is 1.94. The van der Waals surface area contributed by atoms with Gasteiger partial charge in [-0.05, 0) is 28.1 Å². The van der Waals surface area contributed by atoms with E-state index in [4.69, 9.17) is 4.74 Å². The lowest BCUT2D eigenvalue weighted by Gasteiger charge is -2.33. The fraction of sp³-hybridized carbons (Fsp3) is 0.533. The molecule has 1 aromatic heterocycles. The van der Waals surface area contributed by atoms with Gasteiger partial charge in [0.2, 0.25) is 0 Å². The Morgan fingerprint density at radius 3 is 2.70 bits per heavy atom. The smallest absolute Gasteiger partial charge is 0.173 e. The van der Waals surface area contributed by atoms with Crippen LogP contribution in [-0.4, -0.2) is 63.4 Å². The molecule has 124 valence electrons. The van der Waals surface area contributed by atoms with E-state index in [-0.39, 0.29) is 11.9 Å². The lowest BCUT2D eigenvalue weighted by molar-refractivity contribution is 0.176. The zero-order valence-corrected chi connectivity index (χ0v) is 13.9. The molecule has 1 aliphatic rings. The number of rotatable bonds is 6. The van der Waals surface area contributed by atoms with Crippen molar-refractivity contribution in [3.05, 3.63) is 41.5 Å². The molecule has 1 fully saturated rings. The number of ether oxygens (including phenoxy) is 1. The van der Waals surface area contributed by atoms with Crippen LogP contribution >= 0.6 is 11.8 Å². The van der Waals surface area contributed by atoms with Crippen LogP contribution in [0.4, 0.5) is 4.39 Å². The van der Waals surface area contributed by atoms with Crippen LogP contribution in [0.1, 0.15) is 17.4 Å². The minimum Gasteiger partial charge on any atom is -0.383 e. The molecule has 2 aromatic rings. The highest BCUT2D eigenvalue weighted by Gasteiger charge is 2.28. The molecule has 8 heteroatoms. The molecule has 1 aromatic carbocycles. The number of aromatic nitrogens is 4. The Morgan fingerprint density at radius 1 is 1.26 bits per heavy atom. The van der Waals surface area contributed by atoms with Gasteiger partial charge in [-0.25, -0.2) is 9.07 Å². The third kappa shape index (κ3) is 3.88. The van der Waals surface area contributed by atoms with Gasteiger partial charge in [0.15, 0.2) is 5.82 Å². The van der Waals surface area contributed by atoms with Crippen LogP contribution in [0, 0.1) is 5.82 Å². The number of nitrogens with zero attached hydrogens (tertiary/aromatic N) is 5. The van der Waals surface area contributed by atoms with Crippen molar-refractivity contribution in [3.8, 4) is 0 Å². The zero-order valence-electron chi connectivity index (χ0n) is 13.1. The van der Waals surface area contributed by atoms with Crippen molar-refractivity contribution in [2.45, 2.75) is 12.6 Å². The lowest BCUT2D eigenvalue weighted by atomic mass is 10.0. The maximum atomic E-state index is 13.3. The molecule has 2 heterocycles. The van der Waals surface area contributed by atoms with Crippen LogP contribution in [0.25, 0.3) is 0 Å². The van der Waals surface area contributed by atoms with Gasteiger partial charge in [-0.3, -0.25) is 4.90 Å². The molecule has 0 N–H and O–H groups in total. The highest BCUT2D eigenvalue weighted by atomic mass is 32.2. The summed E-state index contributed by atoms with van der Waals surface area (Å²) in [6.45, 7) is 3.07. The van der Waals surface area contributed by atoms with E-state index in [1.165, 1.54) is 12.1 Å². The van der Waals surface area contributed by atoms with Crippen molar-refractivity contribution in [1.82, 2.24) is 25.1 Å². The van der Waals surface area contributed by atoms with Gasteiger partial charge < -0.3 is 4.74 Å². The SMILES string of the molecule is COCCn1nnnc1[C@@H](c1ccc(F)cc1)N1CCSCC1. The first-order valence-corrected chi connectivity index (χ1v) is 8.77. The maximum Gasteiger partial charge on any atom is 0.173 e. The minimum absolute atomic E-state index is 0.0663. The molecule has 0 aliphatic carbocycles. The molecular weight excluding hydrogens is 317 g/mol. The molecule has 0 saturated carbocycles. The second-order valence-electron chi connectivity index (χ2n) is 5.36. The molecule has 0 spiro atoms. The first kappa shape index (κ1) is 16.4. The van der Waals surface area contributed by atoms with Gasteiger partial charge >= 0.3 is 0 Å². The van der Waals surface area contributed by atoms with Gasteiger partial charge in [0.25, 0.3) is 0 Å². The summed E-state index contributed by atoms with van der Waals surface area (Å²) < 4.78 is 20.2. The second kappa shape index (κ2) is 7.85. The van der Waals surface area contributed by atoms with Crippen LogP contribution in [0.5, 0.6) is 0 Å². The highest BCUT2D eigenvalue weighted by molar-refractivity contribution is 7.99. The quantitative estimate of drug-likeness (QED) is 0.798. The van der Waals surface area contributed by atoms with Gasteiger partial charge in [0.1, 0.15) is 5.82 Å². The van der Waals surface area contributed by atoms with Crippen molar-refractivity contribution >= 4 is 11.8 Å². The fourth-order valence-corrected chi connectivity index (χ4v) is 3.68. The monoisotopic (exact) mass is 337 g/mol. The normalized spacial score (nSPS) is 17.3. The summed E-state index contributed by atoms with van der Waals surface area (Å²) in [6, 6.07) is 6.55. The summed E-state index contributed by atoms with van der Waals surface area (Å²) in [7, 11) is 1.66. The number of benzene rings is 1. The van der Waals surface area contributed by atoms with E-state index < -0.39 is 0 Å².